The molecule has 0 atom stereocenters. The van der Waals surface area contributed by atoms with Gasteiger partial charge >= 0.3 is 6.03 Å². The quantitative estimate of drug-likeness (QED) is 0.461. The average molecular weight is 382 g/mol. The van der Waals surface area contributed by atoms with E-state index < -0.39 is 6.03 Å². The maximum atomic E-state index is 12.9. The lowest BCUT2D eigenvalue weighted by molar-refractivity contribution is 0.104. The van der Waals surface area contributed by atoms with E-state index in [0.717, 1.165) is 0 Å². The van der Waals surface area contributed by atoms with Crippen LogP contribution in [0.15, 0.2) is 59.6 Å². The number of amides is 2. The van der Waals surface area contributed by atoms with E-state index in [1.807, 2.05) is 0 Å². The molecule has 0 saturated heterocycles. The van der Waals surface area contributed by atoms with E-state index in [2.05, 4.69) is 30.3 Å². The molecule has 4 aromatic rings. The van der Waals surface area contributed by atoms with Crippen molar-refractivity contribution in [3.8, 4) is 0 Å². The van der Waals surface area contributed by atoms with Crippen LogP contribution in [-0.4, -0.2) is 26.9 Å². The second kappa shape index (κ2) is 6.93. The molecule has 0 saturated carbocycles. The van der Waals surface area contributed by atoms with Crippen molar-refractivity contribution in [3.63, 3.8) is 0 Å². The van der Waals surface area contributed by atoms with Crippen LogP contribution >= 0.6 is 11.6 Å². The Morgan fingerprint density at radius 2 is 2.04 bits per heavy atom. The first-order valence-corrected chi connectivity index (χ1v) is 8.24. The summed E-state index contributed by atoms with van der Waals surface area (Å²) in [7, 11) is 0. The second-order valence-electron chi connectivity index (χ2n) is 5.63. The number of fused-ring (bicyclic) bond motifs is 1. The first-order valence-electron chi connectivity index (χ1n) is 7.86. The predicted octanol–water partition coefficient (Wildman–Crippen LogP) is 4.08. The van der Waals surface area contributed by atoms with Crippen LogP contribution in [0.2, 0.25) is 5.02 Å². The fourth-order valence-corrected chi connectivity index (χ4v) is 2.77. The van der Waals surface area contributed by atoms with Crippen LogP contribution in [0.5, 0.6) is 0 Å². The summed E-state index contributed by atoms with van der Waals surface area (Å²) in [5.74, 6) is 0.0637. The molecule has 1 aromatic carbocycles. The molecule has 3 aromatic heterocycles. The van der Waals surface area contributed by atoms with Gasteiger partial charge in [0.05, 0.1) is 5.02 Å². The zero-order chi connectivity index (χ0) is 18.8. The minimum absolute atomic E-state index is 0.217. The van der Waals surface area contributed by atoms with E-state index in [0.29, 0.717) is 32.9 Å². The topological polar surface area (TPSA) is 113 Å². The molecule has 2 amide bonds. The van der Waals surface area contributed by atoms with Crippen molar-refractivity contribution in [3.05, 3.63) is 71.2 Å². The van der Waals surface area contributed by atoms with Gasteiger partial charge in [-0.05, 0) is 18.2 Å². The molecule has 0 aliphatic rings. The van der Waals surface area contributed by atoms with Crippen molar-refractivity contribution in [2.75, 3.05) is 10.6 Å². The number of nitrogens with one attached hydrogen (secondary N) is 3. The van der Waals surface area contributed by atoms with Crippen LogP contribution in [-0.2, 0) is 0 Å². The van der Waals surface area contributed by atoms with E-state index >= 15 is 0 Å². The first-order chi connectivity index (χ1) is 13.1. The number of halogens is 1. The summed E-state index contributed by atoms with van der Waals surface area (Å²) in [6, 6.07) is 9.29. The van der Waals surface area contributed by atoms with Crippen LogP contribution < -0.4 is 10.6 Å². The van der Waals surface area contributed by atoms with Crippen molar-refractivity contribution in [1.29, 1.82) is 0 Å². The van der Waals surface area contributed by atoms with Crippen LogP contribution in [0, 0.1) is 0 Å². The van der Waals surface area contributed by atoms with E-state index in [-0.39, 0.29) is 11.6 Å². The van der Waals surface area contributed by atoms with Crippen molar-refractivity contribution < 1.29 is 14.1 Å². The van der Waals surface area contributed by atoms with Gasteiger partial charge in [0.15, 0.2) is 11.6 Å². The zero-order valence-corrected chi connectivity index (χ0v) is 14.4. The lowest BCUT2D eigenvalue weighted by atomic mass is 10.0. The summed E-state index contributed by atoms with van der Waals surface area (Å²) in [6.07, 6.45) is 4.44. The third-order valence-corrected chi connectivity index (χ3v) is 4.01. The first kappa shape index (κ1) is 16.8. The number of aromatic nitrogens is 3. The van der Waals surface area contributed by atoms with Gasteiger partial charge in [0.2, 0.25) is 0 Å². The highest BCUT2D eigenvalue weighted by Crippen LogP contribution is 2.23. The molecule has 0 bridgehead atoms. The molecule has 3 N–H and O–H groups in total. The molecular formula is C18H12ClN5O3. The number of H-pyrrole nitrogens is 1. The number of hydrogen-bond donors (Lipinski definition) is 3. The SMILES string of the molecule is O=C(Nc1cccc(C(=O)c2c[nH]c3ncc(Cl)cc23)c1)Nc1ccon1. The van der Waals surface area contributed by atoms with Gasteiger partial charge in [-0.15, -0.1) is 0 Å². The van der Waals surface area contributed by atoms with Crippen molar-refractivity contribution in [2.45, 2.75) is 0 Å². The normalized spacial score (nSPS) is 10.7. The fourth-order valence-electron chi connectivity index (χ4n) is 2.62. The molecular weight excluding hydrogens is 370 g/mol. The largest absolute Gasteiger partial charge is 0.363 e. The number of nitrogens with zero attached hydrogens (tertiary/aromatic N) is 2. The molecule has 0 radical (unpaired) electrons. The number of aromatic amines is 1. The molecule has 134 valence electrons. The highest BCUT2D eigenvalue weighted by molar-refractivity contribution is 6.31. The molecule has 8 nitrogen and oxygen atoms in total. The number of pyridine rings is 1. The van der Waals surface area contributed by atoms with Gasteiger partial charge in [-0.25, -0.2) is 9.78 Å². The van der Waals surface area contributed by atoms with Gasteiger partial charge in [-0.1, -0.05) is 28.9 Å². The summed E-state index contributed by atoms with van der Waals surface area (Å²) >= 11 is 5.99. The van der Waals surface area contributed by atoms with Crippen molar-refractivity contribution >= 4 is 46.0 Å². The molecule has 27 heavy (non-hydrogen) atoms. The Morgan fingerprint density at radius 1 is 1.15 bits per heavy atom. The van der Waals surface area contributed by atoms with Gasteiger partial charge in [-0.2, -0.15) is 0 Å². The number of anilines is 2. The van der Waals surface area contributed by atoms with Crippen molar-refractivity contribution in [2.24, 2.45) is 0 Å². The summed E-state index contributed by atoms with van der Waals surface area (Å²) in [4.78, 5) is 32.0. The number of urea groups is 1. The van der Waals surface area contributed by atoms with Gasteiger partial charge in [-0.3, -0.25) is 10.1 Å². The van der Waals surface area contributed by atoms with E-state index in [4.69, 9.17) is 11.6 Å². The van der Waals surface area contributed by atoms with Crippen LogP contribution in [0.4, 0.5) is 16.3 Å². The number of rotatable bonds is 4. The van der Waals surface area contributed by atoms with Gasteiger partial charge in [0.25, 0.3) is 0 Å². The lowest BCUT2D eigenvalue weighted by Gasteiger charge is -2.07. The maximum absolute atomic E-state index is 12.9. The molecule has 9 heteroatoms. The minimum Gasteiger partial charge on any atom is -0.363 e. The third-order valence-electron chi connectivity index (χ3n) is 3.80. The second-order valence-corrected chi connectivity index (χ2v) is 6.06. The number of ketones is 1. The summed E-state index contributed by atoms with van der Waals surface area (Å²) < 4.78 is 4.65. The van der Waals surface area contributed by atoms with Gasteiger partial charge in [0, 0.05) is 40.7 Å². The van der Waals surface area contributed by atoms with Crippen LogP contribution in [0.1, 0.15) is 15.9 Å². The Balaban J connectivity index is 1.57. The smallest absolute Gasteiger partial charge is 0.324 e. The molecule has 0 fully saturated rings. The summed E-state index contributed by atoms with van der Waals surface area (Å²) in [5.41, 5.74) is 1.89. The van der Waals surface area contributed by atoms with Crippen LogP contribution in [0.25, 0.3) is 11.0 Å². The number of benzene rings is 1. The highest BCUT2D eigenvalue weighted by atomic mass is 35.5. The molecule has 4 rings (SSSR count). The van der Waals surface area contributed by atoms with Crippen molar-refractivity contribution in [1.82, 2.24) is 15.1 Å². The van der Waals surface area contributed by atoms with E-state index in [1.165, 1.54) is 18.5 Å². The monoisotopic (exact) mass is 381 g/mol. The lowest BCUT2D eigenvalue weighted by Crippen LogP contribution is -2.19. The molecule has 0 spiro atoms. The predicted molar refractivity (Wildman–Crippen MR) is 100 cm³/mol. The molecule has 0 unspecified atom stereocenters. The average Bonchev–Trinajstić information content (AvgIpc) is 3.30. The minimum atomic E-state index is -0.503. The van der Waals surface area contributed by atoms with Crippen LogP contribution in [0.3, 0.4) is 0 Å². The number of hydrogen-bond acceptors (Lipinski definition) is 5. The Hall–Kier alpha value is -3.65. The maximum Gasteiger partial charge on any atom is 0.324 e. The Labute approximate surface area is 157 Å². The van der Waals surface area contributed by atoms with Gasteiger partial charge in [0.1, 0.15) is 11.9 Å². The zero-order valence-electron chi connectivity index (χ0n) is 13.7. The molecule has 0 aliphatic carbocycles. The highest BCUT2D eigenvalue weighted by Gasteiger charge is 2.16. The van der Waals surface area contributed by atoms with E-state index in [1.54, 1.807) is 36.5 Å². The summed E-state index contributed by atoms with van der Waals surface area (Å²) in [6.45, 7) is 0. The Morgan fingerprint density at radius 3 is 2.85 bits per heavy atom. The number of carbonyl (C=O) groups excluding carboxylic acids is 2. The molecule has 3 heterocycles. The summed E-state index contributed by atoms with van der Waals surface area (Å²) in [5, 5.41) is 9.82. The third kappa shape index (κ3) is 3.51. The number of carbonyl (C=O) groups is 2. The standard InChI is InChI=1S/C18H12ClN5O3/c19-11-7-13-14(9-21-17(13)20-8-11)16(25)10-2-1-3-12(6-10)22-18(26)23-15-4-5-27-24-15/h1-9H,(H,20,21)(H2,22,23,24,26). The Bertz CT molecular complexity index is 1140. The fraction of sp³-hybridized carbons (Fsp3) is 0. The Kier molecular flexibility index (Phi) is 4.31. The molecule has 0 aliphatic heterocycles. The van der Waals surface area contributed by atoms with E-state index in [9.17, 15) is 9.59 Å². The van der Waals surface area contributed by atoms with Gasteiger partial charge < -0.3 is 14.8 Å².